The van der Waals surface area contributed by atoms with Crippen molar-refractivity contribution < 1.29 is 8.42 Å². The molecule has 3 nitrogen and oxygen atoms in total. The Balaban J connectivity index is 2.48. The summed E-state index contributed by atoms with van der Waals surface area (Å²) in [6.07, 6.45) is 2.03. The van der Waals surface area contributed by atoms with Crippen LogP contribution < -0.4 is 0 Å². The summed E-state index contributed by atoms with van der Waals surface area (Å²) in [6, 6.07) is 9.21. The van der Waals surface area contributed by atoms with Crippen molar-refractivity contribution in [2.75, 3.05) is 5.75 Å². The van der Waals surface area contributed by atoms with Gasteiger partial charge in [-0.3, -0.25) is 0 Å². The zero-order chi connectivity index (χ0) is 15.2. The monoisotopic (exact) mass is 313 g/mol. The third-order valence-corrected chi connectivity index (χ3v) is 5.17. The maximum atomic E-state index is 12.0. The smallest absolute Gasteiger partial charge is 0.154 e. The van der Waals surface area contributed by atoms with Gasteiger partial charge >= 0.3 is 0 Å². The highest BCUT2D eigenvalue weighted by molar-refractivity contribution is 7.90. The standard InChI is InChI=1S/C15H20ClNO2S/c1-15(2,12-17)9-5-6-10-20(18,19)11-13-7-3-4-8-14(13)16/h3-4,7-8H,5-6,9-11H2,1-2H3. The molecule has 0 atom stereocenters. The summed E-state index contributed by atoms with van der Waals surface area (Å²) in [5, 5.41) is 9.38. The first-order valence-electron chi connectivity index (χ1n) is 6.61. The maximum absolute atomic E-state index is 12.0. The molecule has 0 N–H and O–H groups in total. The number of nitriles is 1. The molecule has 1 aromatic carbocycles. The largest absolute Gasteiger partial charge is 0.228 e. The minimum Gasteiger partial charge on any atom is -0.228 e. The molecule has 0 saturated carbocycles. The average Bonchev–Trinajstić information content (AvgIpc) is 2.37. The minimum absolute atomic E-state index is 0.0195. The highest BCUT2D eigenvalue weighted by atomic mass is 35.5. The van der Waals surface area contributed by atoms with E-state index < -0.39 is 9.84 Å². The van der Waals surface area contributed by atoms with Crippen LogP contribution >= 0.6 is 11.6 Å². The molecule has 0 aliphatic heterocycles. The molecule has 0 bridgehead atoms. The molecule has 20 heavy (non-hydrogen) atoms. The normalized spacial score (nSPS) is 12.1. The summed E-state index contributed by atoms with van der Waals surface area (Å²) in [6.45, 7) is 3.73. The summed E-state index contributed by atoms with van der Waals surface area (Å²) < 4.78 is 24.0. The SMILES string of the molecule is CC(C)(C#N)CCCCS(=O)(=O)Cc1ccccc1Cl. The van der Waals surface area contributed by atoms with Gasteiger partial charge in [0, 0.05) is 5.02 Å². The molecule has 0 heterocycles. The van der Waals surface area contributed by atoms with Crippen molar-refractivity contribution in [3.63, 3.8) is 0 Å². The van der Waals surface area contributed by atoms with E-state index in [-0.39, 0.29) is 16.9 Å². The van der Waals surface area contributed by atoms with Crippen molar-refractivity contribution in [1.82, 2.24) is 0 Å². The molecule has 5 heteroatoms. The molecule has 0 unspecified atom stereocenters. The lowest BCUT2D eigenvalue weighted by Gasteiger charge is -2.14. The van der Waals surface area contributed by atoms with Gasteiger partial charge in [0.05, 0.1) is 23.0 Å². The van der Waals surface area contributed by atoms with E-state index in [9.17, 15) is 8.42 Å². The van der Waals surface area contributed by atoms with Gasteiger partial charge in [-0.25, -0.2) is 8.42 Å². The van der Waals surface area contributed by atoms with E-state index in [2.05, 4.69) is 6.07 Å². The van der Waals surface area contributed by atoms with Crippen LogP contribution in [0.15, 0.2) is 24.3 Å². The molecule has 110 valence electrons. The van der Waals surface area contributed by atoms with Gasteiger partial charge in [-0.15, -0.1) is 0 Å². The van der Waals surface area contributed by atoms with Crippen molar-refractivity contribution in [3.05, 3.63) is 34.9 Å². The van der Waals surface area contributed by atoms with Crippen LogP contribution in [0, 0.1) is 16.7 Å². The van der Waals surface area contributed by atoms with Crippen LogP contribution in [0.2, 0.25) is 5.02 Å². The Hall–Kier alpha value is -1.05. The fraction of sp³-hybridized carbons (Fsp3) is 0.533. The Morgan fingerprint density at radius 3 is 2.50 bits per heavy atom. The third kappa shape index (κ3) is 5.94. The van der Waals surface area contributed by atoms with E-state index >= 15 is 0 Å². The second-order valence-electron chi connectivity index (χ2n) is 5.64. The van der Waals surface area contributed by atoms with Crippen molar-refractivity contribution in [3.8, 4) is 6.07 Å². The average molecular weight is 314 g/mol. The summed E-state index contributed by atoms with van der Waals surface area (Å²) in [4.78, 5) is 0. The summed E-state index contributed by atoms with van der Waals surface area (Å²) >= 11 is 5.97. The van der Waals surface area contributed by atoms with Crippen LogP contribution in [0.4, 0.5) is 0 Å². The zero-order valence-corrected chi connectivity index (χ0v) is 13.5. The zero-order valence-electron chi connectivity index (χ0n) is 11.9. The van der Waals surface area contributed by atoms with Crippen molar-refractivity contribution in [2.45, 2.75) is 38.9 Å². The molecule has 0 fully saturated rings. The third-order valence-electron chi connectivity index (χ3n) is 3.14. The highest BCUT2D eigenvalue weighted by Gasteiger charge is 2.18. The van der Waals surface area contributed by atoms with E-state index in [1.165, 1.54) is 0 Å². The first-order chi connectivity index (χ1) is 9.26. The Kier molecular flexibility index (Phi) is 6.04. The second-order valence-corrected chi connectivity index (χ2v) is 8.23. The fourth-order valence-corrected chi connectivity index (χ4v) is 3.67. The maximum Gasteiger partial charge on any atom is 0.154 e. The Morgan fingerprint density at radius 2 is 1.90 bits per heavy atom. The first kappa shape index (κ1) is 17.0. The Morgan fingerprint density at radius 1 is 1.25 bits per heavy atom. The van der Waals surface area contributed by atoms with Crippen molar-refractivity contribution in [2.24, 2.45) is 5.41 Å². The van der Waals surface area contributed by atoms with Gasteiger partial charge in [0.2, 0.25) is 0 Å². The van der Waals surface area contributed by atoms with Gasteiger partial charge in [-0.1, -0.05) is 36.2 Å². The lowest BCUT2D eigenvalue weighted by Crippen LogP contribution is -2.12. The van der Waals surface area contributed by atoms with E-state index in [0.717, 1.165) is 6.42 Å². The molecule has 0 amide bonds. The minimum atomic E-state index is -3.15. The molecule has 0 radical (unpaired) electrons. The molecule has 0 aliphatic rings. The van der Waals surface area contributed by atoms with Crippen molar-refractivity contribution >= 4 is 21.4 Å². The van der Waals surface area contributed by atoms with Gasteiger partial charge in [0.1, 0.15) is 0 Å². The number of nitrogens with zero attached hydrogens (tertiary/aromatic N) is 1. The number of rotatable bonds is 7. The van der Waals surface area contributed by atoms with Gasteiger partial charge in [0.15, 0.2) is 9.84 Å². The number of hydrogen-bond acceptors (Lipinski definition) is 3. The number of benzene rings is 1. The lowest BCUT2D eigenvalue weighted by atomic mass is 9.89. The van der Waals surface area contributed by atoms with E-state index in [0.29, 0.717) is 23.4 Å². The summed E-state index contributed by atoms with van der Waals surface area (Å²) in [7, 11) is -3.15. The van der Waals surface area contributed by atoms with Gasteiger partial charge < -0.3 is 0 Å². The predicted octanol–water partition coefficient (Wildman–Crippen LogP) is 3.97. The fourth-order valence-electron chi connectivity index (χ4n) is 1.87. The molecular weight excluding hydrogens is 294 g/mol. The van der Waals surface area contributed by atoms with Crippen molar-refractivity contribution in [1.29, 1.82) is 5.26 Å². The van der Waals surface area contributed by atoms with Crippen LogP contribution in [0.5, 0.6) is 0 Å². The predicted molar refractivity (Wildman–Crippen MR) is 82.2 cm³/mol. The first-order valence-corrected chi connectivity index (χ1v) is 8.81. The van der Waals surface area contributed by atoms with E-state index in [4.69, 9.17) is 16.9 Å². The quantitative estimate of drug-likeness (QED) is 0.715. The lowest BCUT2D eigenvalue weighted by molar-refractivity contribution is 0.431. The molecule has 0 aliphatic carbocycles. The molecule has 0 spiro atoms. The number of sulfone groups is 1. The molecule has 0 aromatic heterocycles. The van der Waals surface area contributed by atoms with Crippen LogP contribution in [-0.2, 0) is 15.6 Å². The summed E-state index contributed by atoms with van der Waals surface area (Å²) in [5.74, 6) is 0.119. The number of halogens is 1. The van der Waals surface area contributed by atoms with E-state index in [1.807, 2.05) is 13.8 Å². The van der Waals surface area contributed by atoms with Crippen LogP contribution in [0.1, 0.15) is 38.7 Å². The number of hydrogen-bond donors (Lipinski definition) is 0. The summed E-state index contributed by atoms with van der Waals surface area (Å²) in [5.41, 5.74) is 0.262. The number of unbranched alkanes of at least 4 members (excludes halogenated alkanes) is 1. The van der Waals surface area contributed by atoms with Crippen LogP contribution in [0.3, 0.4) is 0 Å². The second kappa shape index (κ2) is 7.10. The topological polar surface area (TPSA) is 57.9 Å². The highest BCUT2D eigenvalue weighted by Crippen LogP contribution is 2.23. The Bertz CT molecular complexity index is 588. The molecule has 0 saturated heterocycles. The van der Waals surface area contributed by atoms with Crippen LogP contribution in [-0.4, -0.2) is 14.2 Å². The van der Waals surface area contributed by atoms with Gasteiger partial charge in [-0.2, -0.15) is 5.26 Å². The molecule has 1 rings (SSSR count). The van der Waals surface area contributed by atoms with E-state index in [1.54, 1.807) is 24.3 Å². The van der Waals surface area contributed by atoms with Crippen LogP contribution in [0.25, 0.3) is 0 Å². The Labute approximate surface area is 126 Å². The molecule has 1 aromatic rings. The molecular formula is C15H20ClNO2S. The van der Waals surface area contributed by atoms with Gasteiger partial charge in [-0.05, 0) is 38.3 Å². The van der Waals surface area contributed by atoms with Gasteiger partial charge in [0.25, 0.3) is 0 Å².